The average Bonchev–Trinajstić information content (AvgIpc) is 2.11. The van der Waals surface area contributed by atoms with Crippen LogP contribution in [0.3, 0.4) is 0 Å². The number of hydrogen-bond acceptors (Lipinski definition) is 3. The van der Waals surface area contributed by atoms with Gasteiger partial charge in [0.2, 0.25) is 0 Å². The zero-order valence-electron chi connectivity index (χ0n) is 7.87. The number of hydrogen-bond donors (Lipinski definition) is 0. The Hall–Kier alpha value is 0.0600. The van der Waals surface area contributed by atoms with Crippen molar-refractivity contribution in [2.75, 3.05) is 26.2 Å². The van der Waals surface area contributed by atoms with Gasteiger partial charge in [0.05, 0.1) is 6.54 Å². The molecule has 1 fully saturated rings. The molecule has 3 nitrogen and oxygen atoms in total. The molecule has 1 saturated heterocycles. The molecule has 0 aromatic carbocycles. The highest BCUT2D eigenvalue weighted by atomic mass is 127. The van der Waals surface area contributed by atoms with Crippen molar-refractivity contribution in [2.24, 2.45) is 0 Å². The zero-order chi connectivity index (χ0) is 9.84. The first kappa shape index (κ1) is 11.1. The van der Waals surface area contributed by atoms with Crippen molar-refractivity contribution in [3.05, 3.63) is 12.7 Å². The number of ketones is 1. The molecule has 1 aliphatic rings. The summed E-state index contributed by atoms with van der Waals surface area (Å²) in [6.07, 6.45) is 1.40. The molecule has 1 heterocycles. The summed E-state index contributed by atoms with van der Waals surface area (Å²) in [5.74, 6) is 0.120. The molecule has 0 N–H and O–H groups in total. The zero-order valence-corrected chi connectivity index (χ0v) is 10.0. The van der Waals surface area contributed by atoms with Crippen molar-refractivity contribution in [2.45, 2.75) is 13.0 Å². The highest BCUT2D eigenvalue weighted by Gasteiger charge is 2.22. The van der Waals surface area contributed by atoms with E-state index in [4.69, 9.17) is 0 Å². The first-order valence-corrected chi connectivity index (χ1v) is 5.40. The van der Waals surface area contributed by atoms with Crippen LogP contribution >= 0.6 is 22.9 Å². The van der Waals surface area contributed by atoms with E-state index in [2.05, 4.69) is 44.4 Å². The molecule has 1 aliphatic heterocycles. The minimum absolute atomic E-state index is 0.120. The molecule has 0 aliphatic carbocycles. The van der Waals surface area contributed by atoms with Crippen molar-refractivity contribution < 1.29 is 4.79 Å². The van der Waals surface area contributed by atoms with Crippen LogP contribution in [0.25, 0.3) is 0 Å². The summed E-state index contributed by atoms with van der Waals surface area (Å²) in [6, 6.07) is 0.534. The van der Waals surface area contributed by atoms with Crippen LogP contribution in [0.2, 0.25) is 0 Å². The van der Waals surface area contributed by atoms with Gasteiger partial charge in [-0.2, -0.15) is 0 Å². The lowest BCUT2D eigenvalue weighted by Crippen LogP contribution is -2.48. The minimum atomic E-state index is 0.120. The molecule has 0 aromatic rings. The highest BCUT2D eigenvalue weighted by molar-refractivity contribution is 14.1. The lowest BCUT2D eigenvalue weighted by molar-refractivity contribution is -0.116. The largest absolute Gasteiger partial charge is 0.293 e. The lowest BCUT2D eigenvalue weighted by Gasteiger charge is -2.35. The van der Waals surface area contributed by atoms with Crippen LogP contribution in [0, 0.1) is 0 Å². The first-order valence-electron chi connectivity index (χ1n) is 4.43. The van der Waals surface area contributed by atoms with E-state index in [-0.39, 0.29) is 5.78 Å². The van der Waals surface area contributed by atoms with E-state index >= 15 is 0 Å². The number of carbonyl (C=O) groups is 1. The van der Waals surface area contributed by atoms with Gasteiger partial charge in [0, 0.05) is 48.5 Å². The van der Waals surface area contributed by atoms with Crippen molar-refractivity contribution in [1.29, 1.82) is 0 Å². The number of nitrogens with zero attached hydrogens (tertiary/aromatic N) is 2. The fourth-order valence-corrected chi connectivity index (χ4v) is 1.83. The first-order chi connectivity index (χ1) is 6.13. The van der Waals surface area contributed by atoms with E-state index < -0.39 is 0 Å². The molecule has 1 rings (SSSR count). The molecule has 0 saturated carbocycles. The van der Waals surface area contributed by atoms with Crippen LogP contribution in [0.1, 0.15) is 6.92 Å². The molecule has 13 heavy (non-hydrogen) atoms. The Morgan fingerprint density at radius 3 is 2.92 bits per heavy atom. The van der Waals surface area contributed by atoms with Crippen LogP contribution in [-0.2, 0) is 4.79 Å². The number of rotatable bonds is 3. The van der Waals surface area contributed by atoms with E-state index in [1.165, 1.54) is 6.08 Å². The summed E-state index contributed by atoms with van der Waals surface area (Å²) >= 11 is 2.34. The molecule has 0 spiro atoms. The topological polar surface area (TPSA) is 23.6 Å². The maximum Gasteiger partial charge on any atom is 0.169 e. The Balaban J connectivity index is 2.37. The van der Waals surface area contributed by atoms with Gasteiger partial charge in [0.25, 0.3) is 0 Å². The fourth-order valence-electron chi connectivity index (χ4n) is 1.44. The van der Waals surface area contributed by atoms with Gasteiger partial charge in [-0.25, -0.2) is 3.11 Å². The van der Waals surface area contributed by atoms with Crippen molar-refractivity contribution in [3.8, 4) is 0 Å². The Morgan fingerprint density at radius 1 is 1.69 bits per heavy atom. The summed E-state index contributed by atoms with van der Waals surface area (Å²) in [5, 5.41) is 0. The Bertz CT molecular complexity index is 208. The van der Waals surface area contributed by atoms with Crippen LogP contribution < -0.4 is 0 Å². The highest BCUT2D eigenvalue weighted by Crippen LogP contribution is 2.13. The summed E-state index contributed by atoms with van der Waals surface area (Å²) in [7, 11) is 0. The Morgan fingerprint density at radius 2 is 2.38 bits per heavy atom. The predicted molar refractivity (Wildman–Crippen MR) is 61.8 cm³/mol. The van der Waals surface area contributed by atoms with Crippen LogP contribution in [-0.4, -0.2) is 46.0 Å². The van der Waals surface area contributed by atoms with E-state index in [1.807, 2.05) is 0 Å². The average molecular weight is 294 g/mol. The summed E-state index contributed by atoms with van der Waals surface area (Å²) in [5.41, 5.74) is 0. The molecule has 1 atom stereocenters. The van der Waals surface area contributed by atoms with E-state index in [9.17, 15) is 4.79 Å². The number of piperazine rings is 1. The molecule has 4 heteroatoms. The van der Waals surface area contributed by atoms with Gasteiger partial charge in [0.15, 0.2) is 5.78 Å². The van der Waals surface area contributed by atoms with Crippen LogP contribution in [0.15, 0.2) is 12.7 Å². The quantitative estimate of drug-likeness (QED) is 0.442. The van der Waals surface area contributed by atoms with Gasteiger partial charge in [-0.15, -0.1) is 0 Å². The van der Waals surface area contributed by atoms with Gasteiger partial charge < -0.3 is 0 Å². The molecule has 0 radical (unpaired) electrons. The third-order valence-electron chi connectivity index (χ3n) is 2.24. The molecular formula is C9H15IN2O. The molecule has 0 amide bonds. The van der Waals surface area contributed by atoms with E-state index in [1.54, 1.807) is 0 Å². The van der Waals surface area contributed by atoms with Crippen LogP contribution in [0.5, 0.6) is 0 Å². The predicted octanol–water partition coefficient (Wildman–Crippen LogP) is 1.10. The maximum absolute atomic E-state index is 11.1. The van der Waals surface area contributed by atoms with Gasteiger partial charge in [-0.05, 0) is 13.0 Å². The Kier molecular flexibility index (Phi) is 4.34. The van der Waals surface area contributed by atoms with Gasteiger partial charge in [-0.3, -0.25) is 9.69 Å². The van der Waals surface area contributed by atoms with Gasteiger partial charge in [-0.1, -0.05) is 6.58 Å². The fraction of sp³-hybridized carbons (Fsp3) is 0.667. The molecular weight excluding hydrogens is 279 g/mol. The normalized spacial score (nSPS) is 25.8. The van der Waals surface area contributed by atoms with E-state index in [0.29, 0.717) is 12.6 Å². The third-order valence-corrected chi connectivity index (χ3v) is 3.67. The number of carbonyl (C=O) groups excluding carboxylic acids is 1. The molecule has 0 bridgehead atoms. The maximum atomic E-state index is 11.1. The minimum Gasteiger partial charge on any atom is -0.293 e. The molecule has 74 valence electrons. The lowest BCUT2D eigenvalue weighted by atomic mass is 10.2. The summed E-state index contributed by atoms with van der Waals surface area (Å²) in [4.78, 5) is 13.3. The van der Waals surface area contributed by atoms with Gasteiger partial charge >= 0.3 is 0 Å². The van der Waals surface area contributed by atoms with Crippen molar-refractivity contribution >= 4 is 28.6 Å². The second-order valence-corrected chi connectivity index (χ2v) is 4.62. The van der Waals surface area contributed by atoms with Crippen LogP contribution in [0.4, 0.5) is 0 Å². The second-order valence-electron chi connectivity index (χ2n) is 3.38. The third kappa shape index (κ3) is 3.36. The number of halogens is 1. The molecule has 0 unspecified atom stereocenters. The standard InChI is InChI=1S/C9H15IN2O/c1-3-9(13)7-11-4-5-12(10)8(2)6-11/h3,8H,1,4-7H2,2H3/t8-/m1/s1. The van der Waals surface area contributed by atoms with E-state index in [0.717, 1.165) is 19.6 Å². The SMILES string of the molecule is C=CC(=O)CN1CCN(I)[C@H](C)C1. The smallest absolute Gasteiger partial charge is 0.169 e. The summed E-state index contributed by atoms with van der Waals surface area (Å²) < 4.78 is 2.28. The van der Waals surface area contributed by atoms with Gasteiger partial charge in [0.1, 0.15) is 0 Å². The summed E-state index contributed by atoms with van der Waals surface area (Å²) in [6.45, 7) is 9.16. The second kappa shape index (κ2) is 5.07. The Labute approximate surface area is 93.3 Å². The van der Waals surface area contributed by atoms with Crippen molar-refractivity contribution in [3.63, 3.8) is 0 Å². The monoisotopic (exact) mass is 294 g/mol. The van der Waals surface area contributed by atoms with Crippen molar-refractivity contribution in [1.82, 2.24) is 8.01 Å². The molecule has 0 aromatic heterocycles.